The predicted octanol–water partition coefficient (Wildman–Crippen LogP) is -0.130. The molecule has 1 heterocycles. The van der Waals surface area contributed by atoms with Gasteiger partial charge < -0.3 is 16.0 Å². The summed E-state index contributed by atoms with van der Waals surface area (Å²) in [7, 11) is 0. The van der Waals surface area contributed by atoms with Crippen molar-refractivity contribution in [3.63, 3.8) is 0 Å². The highest BCUT2D eigenvalue weighted by atomic mass is 16.2. The Morgan fingerprint density at radius 1 is 1.48 bits per heavy atom. The van der Waals surface area contributed by atoms with Gasteiger partial charge in [-0.25, -0.2) is 0 Å². The number of imide groups is 1. The van der Waals surface area contributed by atoms with Crippen LogP contribution in [0.4, 0.5) is 11.4 Å². The van der Waals surface area contributed by atoms with Gasteiger partial charge in [-0.1, -0.05) is 0 Å². The van der Waals surface area contributed by atoms with E-state index < -0.39 is 17.9 Å². The second-order valence-electron chi connectivity index (χ2n) is 4.85. The summed E-state index contributed by atoms with van der Waals surface area (Å²) in [4.78, 5) is 37.1. The average molecular weight is 290 g/mol. The number of piperazine rings is 1. The lowest BCUT2D eigenvalue weighted by Gasteiger charge is -2.34. The molecule has 4 N–H and O–H groups in total. The third kappa shape index (κ3) is 2.96. The smallest absolute Gasteiger partial charge is 0.253 e. The van der Waals surface area contributed by atoms with Gasteiger partial charge in [0.05, 0.1) is 17.8 Å². The number of nitrogens with two attached hydrogens (primary N) is 1. The maximum absolute atomic E-state index is 12.1. The summed E-state index contributed by atoms with van der Waals surface area (Å²) in [6.45, 7) is 3.97. The third-order valence-electron chi connectivity index (χ3n) is 3.34. The molecule has 1 unspecified atom stereocenters. The van der Waals surface area contributed by atoms with E-state index in [1.54, 1.807) is 30.0 Å². The Kier molecular flexibility index (Phi) is 4.11. The van der Waals surface area contributed by atoms with Crippen LogP contribution in [0, 0.1) is 0 Å². The number of nitrogens with one attached hydrogen (secondary N) is 2. The summed E-state index contributed by atoms with van der Waals surface area (Å²) in [6, 6.07) is 4.26. The van der Waals surface area contributed by atoms with E-state index in [1.165, 1.54) is 0 Å². The van der Waals surface area contributed by atoms with Crippen molar-refractivity contribution in [2.24, 2.45) is 0 Å². The SMILES string of the molecule is CCNC(=O)c1ccc(N)cc1N1CC(=O)NC(=O)C1C. The van der Waals surface area contributed by atoms with E-state index in [4.69, 9.17) is 5.73 Å². The van der Waals surface area contributed by atoms with Crippen LogP contribution >= 0.6 is 0 Å². The molecule has 0 bridgehead atoms. The van der Waals surface area contributed by atoms with Crippen LogP contribution in [-0.2, 0) is 9.59 Å². The number of hydrogen-bond donors (Lipinski definition) is 3. The highest BCUT2D eigenvalue weighted by Gasteiger charge is 2.32. The molecule has 21 heavy (non-hydrogen) atoms. The fraction of sp³-hybridized carbons (Fsp3) is 0.357. The number of nitrogens with zero attached hydrogens (tertiary/aromatic N) is 1. The summed E-state index contributed by atoms with van der Waals surface area (Å²) in [5.41, 5.74) is 7.11. The Morgan fingerprint density at radius 2 is 2.19 bits per heavy atom. The third-order valence-corrected chi connectivity index (χ3v) is 3.34. The monoisotopic (exact) mass is 290 g/mol. The molecule has 0 aliphatic carbocycles. The van der Waals surface area contributed by atoms with Gasteiger partial charge in [0.15, 0.2) is 0 Å². The molecule has 3 amide bonds. The fourth-order valence-electron chi connectivity index (χ4n) is 2.24. The minimum absolute atomic E-state index is 0.00274. The molecule has 1 aliphatic rings. The number of amides is 3. The molecule has 0 radical (unpaired) electrons. The quantitative estimate of drug-likeness (QED) is 0.531. The lowest BCUT2D eigenvalue weighted by atomic mass is 10.1. The van der Waals surface area contributed by atoms with Gasteiger partial charge in [0.1, 0.15) is 6.04 Å². The van der Waals surface area contributed by atoms with Crippen LogP contribution in [0.15, 0.2) is 18.2 Å². The molecule has 112 valence electrons. The fourth-order valence-corrected chi connectivity index (χ4v) is 2.24. The standard InChI is InChI=1S/C14H18N4O3/c1-3-16-14(21)10-5-4-9(15)6-11(10)18-7-12(19)17-13(20)8(18)2/h4-6,8H,3,7,15H2,1-2H3,(H,16,21)(H,17,19,20). The first-order chi connectivity index (χ1) is 9.93. The van der Waals surface area contributed by atoms with Crippen LogP contribution in [-0.4, -0.2) is 36.9 Å². The summed E-state index contributed by atoms with van der Waals surface area (Å²) in [5, 5.41) is 4.97. The highest BCUT2D eigenvalue weighted by Crippen LogP contribution is 2.26. The number of nitrogen functional groups attached to an aromatic ring is 1. The zero-order valence-electron chi connectivity index (χ0n) is 12.0. The molecule has 7 heteroatoms. The van der Waals surface area contributed by atoms with Gasteiger partial charge in [0.2, 0.25) is 11.8 Å². The maximum Gasteiger partial charge on any atom is 0.253 e. The largest absolute Gasteiger partial charge is 0.399 e. The lowest BCUT2D eigenvalue weighted by Crippen LogP contribution is -2.57. The van der Waals surface area contributed by atoms with E-state index >= 15 is 0 Å². The minimum atomic E-state index is -0.558. The average Bonchev–Trinajstić information content (AvgIpc) is 2.43. The minimum Gasteiger partial charge on any atom is -0.399 e. The number of rotatable bonds is 3. The van der Waals surface area contributed by atoms with E-state index in [0.29, 0.717) is 23.5 Å². The molecule has 0 spiro atoms. The van der Waals surface area contributed by atoms with Crippen LogP contribution in [0.5, 0.6) is 0 Å². The molecule has 1 fully saturated rings. The van der Waals surface area contributed by atoms with Gasteiger partial charge in [-0.3, -0.25) is 19.7 Å². The van der Waals surface area contributed by atoms with E-state index in [-0.39, 0.29) is 12.5 Å². The predicted molar refractivity (Wildman–Crippen MR) is 78.8 cm³/mol. The molecule has 1 atom stereocenters. The molecule has 1 saturated heterocycles. The van der Waals surface area contributed by atoms with Gasteiger partial charge in [-0.2, -0.15) is 0 Å². The number of hydrogen-bond acceptors (Lipinski definition) is 5. The van der Waals surface area contributed by atoms with E-state index in [9.17, 15) is 14.4 Å². The molecular formula is C14H18N4O3. The Morgan fingerprint density at radius 3 is 2.86 bits per heavy atom. The lowest BCUT2D eigenvalue weighted by molar-refractivity contribution is -0.132. The highest BCUT2D eigenvalue weighted by molar-refractivity contribution is 6.07. The van der Waals surface area contributed by atoms with Crippen LogP contribution in [0.25, 0.3) is 0 Å². The Labute approximate surface area is 122 Å². The van der Waals surface area contributed by atoms with Crippen molar-refractivity contribution in [1.29, 1.82) is 0 Å². The molecule has 1 aromatic carbocycles. The second kappa shape index (κ2) is 5.82. The molecular weight excluding hydrogens is 272 g/mol. The molecule has 7 nitrogen and oxygen atoms in total. The van der Waals surface area contributed by atoms with Gasteiger partial charge in [0.25, 0.3) is 5.91 Å². The first kappa shape index (κ1) is 14.8. The Bertz CT molecular complexity index is 600. The van der Waals surface area contributed by atoms with E-state index in [1.807, 2.05) is 6.92 Å². The van der Waals surface area contributed by atoms with Gasteiger partial charge in [0, 0.05) is 12.2 Å². The number of carbonyl (C=O) groups excluding carboxylic acids is 3. The van der Waals surface area contributed by atoms with Gasteiger partial charge >= 0.3 is 0 Å². The number of carbonyl (C=O) groups is 3. The number of anilines is 2. The van der Waals surface area contributed by atoms with Gasteiger partial charge in [-0.15, -0.1) is 0 Å². The summed E-state index contributed by atoms with van der Waals surface area (Å²) >= 11 is 0. The molecule has 0 saturated carbocycles. The van der Waals surface area contributed by atoms with Crippen molar-refractivity contribution in [2.45, 2.75) is 19.9 Å². The van der Waals surface area contributed by atoms with Crippen molar-refractivity contribution in [2.75, 3.05) is 23.7 Å². The zero-order chi connectivity index (χ0) is 15.6. The molecule has 0 aromatic heterocycles. The topological polar surface area (TPSA) is 105 Å². The van der Waals surface area contributed by atoms with Crippen LogP contribution in [0.2, 0.25) is 0 Å². The van der Waals surface area contributed by atoms with E-state index in [0.717, 1.165) is 0 Å². The van der Waals surface area contributed by atoms with Crippen molar-refractivity contribution in [3.8, 4) is 0 Å². The van der Waals surface area contributed by atoms with Crippen molar-refractivity contribution >= 4 is 29.1 Å². The first-order valence-electron chi connectivity index (χ1n) is 6.72. The van der Waals surface area contributed by atoms with Crippen LogP contribution in [0.1, 0.15) is 24.2 Å². The molecule has 1 aromatic rings. The molecule has 2 rings (SSSR count). The van der Waals surface area contributed by atoms with Crippen LogP contribution < -0.4 is 21.3 Å². The normalized spacial score (nSPS) is 18.4. The van der Waals surface area contributed by atoms with E-state index in [2.05, 4.69) is 10.6 Å². The van der Waals surface area contributed by atoms with Crippen LogP contribution in [0.3, 0.4) is 0 Å². The van der Waals surface area contributed by atoms with Crippen molar-refractivity contribution in [1.82, 2.24) is 10.6 Å². The maximum atomic E-state index is 12.1. The van der Waals surface area contributed by atoms with Crippen molar-refractivity contribution in [3.05, 3.63) is 23.8 Å². The zero-order valence-corrected chi connectivity index (χ0v) is 12.0. The summed E-state index contributed by atoms with van der Waals surface area (Å²) < 4.78 is 0. The van der Waals surface area contributed by atoms with Gasteiger partial charge in [-0.05, 0) is 32.0 Å². The molecule has 1 aliphatic heterocycles. The summed E-state index contributed by atoms with van der Waals surface area (Å²) in [6.07, 6.45) is 0. The Balaban J connectivity index is 2.45. The first-order valence-corrected chi connectivity index (χ1v) is 6.72. The number of benzene rings is 1. The Hall–Kier alpha value is -2.57. The summed E-state index contributed by atoms with van der Waals surface area (Å²) in [5.74, 6) is -1.06. The second-order valence-corrected chi connectivity index (χ2v) is 4.85. The van der Waals surface area contributed by atoms with Crippen molar-refractivity contribution < 1.29 is 14.4 Å².